The summed E-state index contributed by atoms with van der Waals surface area (Å²) in [7, 11) is 0. The smallest absolute Gasteiger partial charge is 0.0753 e. The first-order valence-corrected chi connectivity index (χ1v) is 7.45. The third-order valence-electron chi connectivity index (χ3n) is 3.20. The molecule has 20 heavy (non-hydrogen) atoms. The molecule has 0 saturated heterocycles. The van der Waals surface area contributed by atoms with Crippen LogP contribution in [-0.2, 0) is 4.84 Å². The van der Waals surface area contributed by atoms with E-state index in [4.69, 9.17) is 4.84 Å². The molecular weight excluding hydrogens is 246 g/mol. The summed E-state index contributed by atoms with van der Waals surface area (Å²) in [5.74, 6) is 0. The largest absolute Gasteiger partial charge is 0.269 e. The van der Waals surface area contributed by atoms with Gasteiger partial charge in [0.2, 0.25) is 0 Å². The molecular formula is C18H23NO. The maximum absolute atomic E-state index is 5.99. The first-order valence-electron chi connectivity index (χ1n) is 7.45. The zero-order valence-electron chi connectivity index (χ0n) is 12.2. The van der Waals surface area contributed by atoms with Gasteiger partial charge in [-0.2, -0.15) is 0 Å². The second-order valence-electron chi connectivity index (χ2n) is 4.86. The lowest BCUT2D eigenvalue weighted by molar-refractivity contribution is 0.131. The van der Waals surface area contributed by atoms with Crippen LogP contribution < -0.4 is 5.06 Å². The van der Waals surface area contributed by atoms with Crippen molar-refractivity contribution in [1.82, 2.24) is 0 Å². The number of unbranched alkanes of at least 4 members (excludes halogenated alkanes) is 3. The molecule has 0 aliphatic heterocycles. The van der Waals surface area contributed by atoms with E-state index in [-0.39, 0.29) is 0 Å². The summed E-state index contributed by atoms with van der Waals surface area (Å²) in [5, 5.41) is 1.92. The van der Waals surface area contributed by atoms with Crippen molar-refractivity contribution >= 4 is 11.4 Å². The molecule has 0 aromatic heterocycles. The van der Waals surface area contributed by atoms with Crippen LogP contribution in [0.2, 0.25) is 0 Å². The lowest BCUT2D eigenvalue weighted by atomic mass is 10.2. The second kappa shape index (κ2) is 8.39. The Kier molecular flexibility index (Phi) is 6.12. The monoisotopic (exact) mass is 269 g/mol. The minimum absolute atomic E-state index is 0.754. The highest BCUT2D eigenvalue weighted by Crippen LogP contribution is 2.25. The Bertz CT molecular complexity index is 430. The summed E-state index contributed by atoms with van der Waals surface area (Å²) in [6.07, 6.45) is 4.86. The van der Waals surface area contributed by atoms with Crippen molar-refractivity contribution in [2.75, 3.05) is 11.7 Å². The topological polar surface area (TPSA) is 12.5 Å². The molecule has 106 valence electrons. The Morgan fingerprint density at radius 2 is 1.30 bits per heavy atom. The molecule has 2 aromatic carbocycles. The molecule has 0 N–H and O–H groups in total. The predicted octanol–water partition coefficient (Wildman–Crippen LogP) is 5.34. The minimum atomic E-state index is 0.754. The summed E-state index contributed by atoms with van der Waals surface area (Å²) in [4.78, 5) is 5.99. The maximum atomic E-state index is 5.99. The number of anilines is 2. The highest BCUT2D eigenvalue weighted by Gasteiger charge is 2.08. The van der Waals surface area contributed by atoms with Crippen molar-refractivity contribution in [3.8, 4) is 0 Å². The van der Waals surface area contributed by atoms with Crippen molar-refractivity contribution in [1.29, 1.82) is 0 Å². The third kappa shape index (κ3) is 4.39. The van der Waals surface area contributed by atoms with Crippen LogP contribution in [0.25, 0.3) is 0 Å². The van der Waals surface area contributed by atoms with Crippen LogP contribution in [-0.4, -0.2) is 6.61 Å². The van der Waals surface area contributed by atoms with E-state index >= 15 is 0 Å². The highest BCUT2D eigenvalue weighted by atomic mass is 16.7. The number of nitrogens with zero attached hydrogens (tertiary/aromatic N) is 1. The molecule has 0 aliphatic carbocycles. The summed E-state index contributed by atoms with van der Waals surface area (Å²) in [6, 6.07) is 20.5. The first kappa shape index (κ1) is 14.6. The average molecular weight is 269 g/mol. The van der Waals surface area contributed by atoms with Crippen molar-refractivity contribution in [3.63, 3.8) is 0 Å². The Balaban J connectivity index is 2.02. The van der Waals surface area contributed by atoms with Crippen molar-refractivity contribution in [2.45, 2.75) is 32.6 Å². The van der Waals surface area contributed by atoms with E-state index in [1.807, 2.05) is 41.5 Å². The molecule has 2 rings (SSSR count). The molecule has 2 nitrogen and oxygen atoms in total. The summed E-state index contributed by atoms with van der Waals surface area (Å²) >= 11 is 0. The van der Waals surface area contributed by atoms with E-state index in [1.54, 1.807) is 0 Å². The van der Waals surface area contributed by atoms with Crippen molar-refractivity contribution in [3.05, 3.63) is 60.7 Å². The zero-order valence-corrected chi connectivity index (χ0v) is 12.2. The van der Waals surface area contributed by atoms with Crippen LogP contribution >= 0.6 is 0 Å². The van der Waals surface area contributed by atoms with Crippen LogP contribution in [0.5, 0.6) is 0 Å². The number of benzene rings is 2. The van der Waals surface area contributed by atoms with Gasteiger partial charge in [-0.25, -0.2) is 5.06 Å². The van der Waals surface area contributed by atoms with Gasteiger partial charge in [-0.15, -0.1) is 0 Å². The molecule has 0 spiro atoms. The SMILES string of the molecule is CCCCCCON(c1ccccc1)c1ccccc1. The van der Waals surface area contributed by atoms with E-state index in [0.29, 0.717) is 0 Å². The van der Waals surface area contributed by atoms with Gasteiger partial charge in [-0.1, -0.05) is 62.6 Å². The maximum Gasteiger partial charge on any atom is 0.0753 e. The molecule has 0 bridgehead atoms. The van der Waals surface area contributed by atoms with Gasteiger partial charge < -0.3 is 0 Å². The molecule has 2 heteroatoms. The molecule has 0 heterocycles. The Labute approximate surface area is 122 Å². The molecule has 0 fully saturated rings. The van der Waals surface area contributed by atoms with Gasteiger partial charge >= 0.3 is 0 Å². The van der Waals surface area contributed by atoms with Crippen molar-refractivity contribution < 1.29 is 4.84 Å². The van der Waals surface area contributed by atoms with Crippen LogP contribution in [0.3, 0.4) is 0 Å². The fourth-order valence-electron chi connectivity index (χ4n) is 2.11. The van der Waals surface area contributed by atoms with Gasteiger partial charge in [0.05, 0.1) is 18.0 Å². The number of para-hydroxylation sites is 2. The summed E-state index contributed by atoms with van der Waals surface area (Å²) in [6.45, 7) is 2.98. The van der Waals surface area contributed by atoms with Crippen LogP contribution in [0.1, 0.15) is 32.6 Å². The van der Waals surface area contributed by atoms with Gasteiger partial charge in [0.1, 0.15) is 0 Å². The molecule has 0 aliphatic rings. The number of rotatable bonds is 8. The molecule has 2 aromatic rings. The first-order chi connectivity index (χ1) is 9.92. The number of hydrogen-bond donors (Lipinski definition) is 0. The molecule has 0 unspecified atom stereocenters. The summed E-state index contributed by atoms with van der Waals surface area (Å²) in [5.41, 5.74) is 2.13. The van der Waals surface area contributed by atoms with E-state index in [0.717, 1.165) is 24.4 Å². The van der Waals surface area contributed by atoms with Crippen molar-refractivity contribution in [2.24, 2.45) is 0 Å². The predicted molar refractivity (Wildman–Crippen MR) is 85.1 cm³/mol. The fourth-order valence-corrected chi connectivity index (χ4v) is 2.11. The molecule has 0 saturated carbocycles. The van der Waals surface area contributed by atoms with Gasteiger partial charge in [0, 0.05) is 0 Å². The van der Waals surface area contributed by atoms with Gasteiger partial charge in [-0.3, -0.25) is 4.84 Å². The van der Waals surface area contributed by atoms with Crippen LogP contribution in [0.15, 0.2) is 60.7 Å². The van der Waals surface area contributed by atoms with E-state index in [9.17, 15) is 0 Å². The normalized spacial score (nSPS) is 10.4. The summed E-state index contributed by atoms with van der Waals surface area (Å²) < 4.78 is 0. The third-order valence-corrected chi connectivity index (χ3v) is 3.20. The highest BCUT2D eigenvalue weighted by molar-refractivity contribution is 5.59. The average Bonchev–Trinajstić information content (AvgIpc) is 2.53. The second-order valence-corrected chi connectivity index (χ2v) is 4.86. The molecule has 0 amide bonds. The standard InChI is InChI=1S/C18H23NO/c1-2-3-4-11-16-20-19(17-12-7-5-8-13-17)18-14-9-6-10-15-18/h5-10,12-15H,2-4,11,16H2,1H3. The minimum Gasteiger partial charge on any atom is -0.269 e. The van der Waals surface area contributed by atoms with Gasteiger partial charge in [0.15, 0.2) is 0 Å². The van der Waals surface area contributed by atoms with Crippen LogP contribution in [0.4, 0.5) is 11.4 Å². The Morgan fingerprint density at radius 3 is 1.80 bits per heavy atom. The molecule has 0 atom stereocenters. The number of hydrogen-bond acceptors (Lipinski definition) is 2. The molecule has 0 radical (unpaired) electrons. The Morgan fingerprint density at radius 1 is 0.750 bits per heavy atom. The van der Waals surface area contributed by atoms with Gasteiger partial charge in [0.25, 0.3) is 0 Å². The van der Waals surface area contributed by atoms with E-state index in [2.05, 4.69) is 31.2 Å². The quantitative estimate of drug-likeness (QED) is 0.474. The lowest BCUT2D eigenvalue weighted by Crippen LogP contribution is -2.18. The lowest BCUT2D eigenvalue weighted by Gasteiger charge is -2.24. The van der Waals surface area contributed by atoms with Gasteiger partial charge in [-0.05, 0) is 30.7 Å². The fraction of sp³-hybridized carbons (Fsp3) is 0.333. The van der Waals surface area contributed by atoms with E-state index < -0.39 is 0 Å². The van der Waals surface area contributed by atoms with E-state index in [1.165, 1.54) is 19.3 Å². The zero-order chi connectivity index (χ0) is 14.0. The van der Waals surface area contributed by atoms with Crippen LogP contribution in [0, 0.1) is 0 Å². The Hall–Kier alpha value is -1.80.